The van der Waals surface area contributed by atoms with Crippen LogP contribution in [0.15, 0.2) is 0 Å². The quantitative estimate of drug-likeness (QED) is 0.567. The second-order valence-corrected chi connectivity index (χ2v) is 6.49. The third-order valence-corrected chi connectivity index (χ3v) is 3.65. The molecule has 0 aromatic heterocycles. The fraction of sp³-hybridized carbons (Fsp3) is 1.00. The molecular formula is C12H27B3O. The fourth-order valence-electron chi connectivity index (χ4n) is 2.83. The van der Waals surface area contributed by atoms with E-state index in [-0.39, 0.29) is 5.30 Å². The first-order valence-corrected chi connectivity index (χ1v) is 7.12. The van der Waals surface area contributed by atoms with Gasteiger partial charge in [-0.25, -0.2) is 0 Å². The van der Waals surface area contributed by atoms with E-state index in [1.165, 1.54) is 38.5 Å². The lowest BCUT2D eigenvalue weighted by Gasteiger charge is -2.41. The fourth-order valence-corrected chi connectivity index (χ4v) is 2.83. The molecule has 1 rings (SSSR count). The van der Waals surface area contributed by atoms with Crippen molar-refractivity contribution in [1.29, 1.82) is 0 Å². The van der Waals surface area contributed by atoms with Crippen LogP contribution >= 0.6 is 0 Å². The highest BCUT2D eigenvalue weighted by molar-refractivity contribution is 6.58. The lowest BCUT2D eigenvalue weighted by molar-refractivity contribution is -0.0423. The maximum Gasteiger partial charge on any atom is 0.121 e. The van der Waals surface area contributed by atoms with Gasteiger partial charge in [-0.1, -0.05) is 33.1 Å². The highest BCUT2D eigenvalue weighted by Gasteiger charge is 2.33. The number of hydrogen-bond donors (Lipinski definition) is 0. The predicted molar refractivity (Wildman–Crippen MR) is 79.3 cm³/mol. The van der Waals surface area contributed by atoms with Crippen molar-refractivity contribution in [1.82, 2.24) is 0 Å². The van der Waals surface area contributed by atoms with E-state index in [9.17, 15) is 0 Å². The van der Waals surface area contributed by atoms with Crippen molar-refractivity contribution in [3.05, 3.63) is 0 Å². The van der Waals surface area contributed by atoms with Crippen LogP contribution in [0.25, 0.3) is 0 Å². The first-order valence-electron chi connectivity index (χ1n) is 7.12. The van der Waals surface area contributed by atoms with Gasteiger partial charge in [0.25, 0.3) is 0 Å². The Morgan fingerprint density at radius 1 is 1.25 bits per heavy atom. The Bertz CT molecular complexity index is 197. The summed E-state index contributed by atoms with van der Waals surface area (Å²) < 4.78 is 5.98. The number of rotatable bonds is 7. The van der Waals surface area contributed by atoms with Crippen LogP contribution in [0.5, 0.6) is 0 Å². The van der Waals surface area contributed by atoms with Gasteiger partial charge in [0, 0.05) is 0 Å². The van der Waals surface area contributed by atoms with E-state index in [1.54, 1.807) is 0 Å². The van der Waals surface area contributed by atoms with Crippen LogP contribution < -0.4 is 0 Å². The molecule has 1 unspecified atom stereocenters. The minimum Gasteiger partial charge on any atom is -0.397 e. The molecule has 0 spiro atoms. The minimum atomic E-state index is 0.0449. The van der Waals surface area contributed by atoms with Crippen molar-refractivity contribution in [2.45, 2.75) is 63.8 Å². The van der Waals surface area contributed by atoms with Gasteiger partial charge >= 0.3 is 0 Å². The van der Waals surface area contributed by atoms with Gasteiger partial charge in [-0.05, 0) is 36.4 Å². The Hall–Kier alpha value is 0.155. The van der Waals surface area contributed by atoms with Gasteiger partial charge in [0.1, 0.15) is 23.5 Å². The summed E-state index contributed by atoms with van der Waals surface area (Å²) in [6.07, 6.45) is 8.70. The first kappa shape index (κ1) is 14.2. The molecule has 0 radical (unpaired) electrons. The molecule has 0 bridgehead atoms. The smallest absolute Gasteiger partial charge is 0.121 e. The average Bonchev–Trinajstić information content (AvgIpc) is 2.11. The zero-order valence-electron chi connectivity index (χ0n) is 11.9. The minimum absolute atomic E-state index is 0.0449. The van der Waals surface area contributed by atoms with E-state index in [0.29, 0.717) is 6.10 Å². The largest absolute Gasteiger partial charge is 0.397 e. The first-order chi connectivity index (χ1) is 7.44. The van der Waals surface area contributed by atoms with Gasteiger partial charge in [0.05, 0.1) is 6.10 Å². The normalized spacial score (nSPS) is 27.4. The Kier molecular flexibility index (Phi) is 5.50. The molecule has 0 heterocycles. The molecule has 1 fully saturated rings. The zero-order valence-corrected chi connectivity index (χ0v) is 11.9. The Morgan fingerprint density at radius 2 is 1.88 bits per heavy atom. The summed E-state index contributed by atoms with van der Waals surface area (Å²) in [6, 6.07) is 0. The Morgan fingerprint density at radius 3 is 2.31 bits per heavy atom. The van der Waals surface area contributed by atoms with Gasteiger partial charge in [0.2, 0.25) is 0 Å². The summed E-state index contributed by atoms with van der Waals surface area (Å²) in [6.45, 7) is 4.64. The Labute approximate surface area is 104 Å². The summed E-state index contributed by atoms with van der Waals surface area (Å²) in [5.74, 6) is 1.91. The van der Waals surface area contributed by atoms with Gasteiger partial charge in [-0.3, -0.25) is 0 Å². The average molecular weight is 220 g/mol. The standard InChI is InChI=1S/C12H27B3O/c1-3-5-9(4-2)6-10-7-11(8-10)16-12(13,14)15/h9-11H,3-8,13-15H2,1-2H3/t9?,10-,11+. The van der Waals surface area contributed by atoms with Gasteiger partial charge in [-0.2, -0.15) is 0 Å². The van der Waals surface area contributed by atoms with Gasteiger partial charge in [-0.15, -0.1) is 0 Å². The summed E-state index contributed by atoms with van der Waals surface area (Å²) >= 11 is 0. The second kappa shape index (κ2) is 6.19. The highest BCUT2D eigenvalue weighted by atomic mass is 16.5. The van der Waals surface area contributed by atoms with E-state index in [4.69, 9.17) is 4.74 Å². The van der Waals surface area contributed by atoms with E-state index < -0.39 is 0 Å². The summed E-state index contributed by atoms with van der Waals surface area (Å²) in [5.41, 5.74) is 0. The van der Waals surface area contributed by atoms with Crippen LogP contribution in [0.3, 0.4) is 0 Å². The van der Waals surface area contributed by atoms with Crippen LogP contribution in [-0.4, -0.2) is 34.9 Å². The molecule has 1 aliphatic rings. The monoisotopic (exact) mass is 220 g/mol. The van der Waals surface area contributed by atoms with Crippen molar-refractivity contribution < 1.29 is 4.74 Å². The topological polar surface area (TPSA) is 9.23 Å². The summed E-state index contributed by atoms with van der Waals surface area (Å²) in [5, 5.41) is 0.0449. The molecule has 0 amide bonds. The van der Waals surface area contributed by atoms with Crippen LogP contribution in [0.1, 0.15) is 52.4 Å². The molecule has 1 aliphatic carbocycles. The van der Waals surface area contributed by atoms with Gasteiger partial charge in [0.15, 0.2) is 0 Å². The lowest BCUT2D eigenvalue weighted by atomic mass is 9.52. The molecule has 0 aromatic carbocycles. The van der Waals surface area contributed by atoms with E-state index in [2.05, 4.69) is 37.4 Å². The third kappa shape index (κ3) is 4.99. The summed E-state index contributed by atoms with van der Waals surface area (Å²) in [7, 11) is 6.48. The van der Waals surface area contributed by atoms with Crippen LogP contribution in [-0.2, 0) is 4.74 Å². The molecular weight excluding hydrogens is 193 g/mol. The maximum atomic E-state index is 5.98. The third-order valence-electron chi connectivity index (χ3n) is 3.65. The van der Waals surface area contributed by atoms with Crippen LogP contribution in [0.4, 0.5) is 0 Å². The molecule has 0 N–H and O–H groups in total. The zero-order chi connectivity index (χ0) is 12.2. The van der Waals surface area contributed by atoms with Crippen LogP contribution in [0.2, 0.25) is 0 Å². The van der Waals surface area contributed by atoms with E-state index in [0.717, 1.165) is 11.8 Å². The van der Waals surface area contributed by atoms with Gasteiger partial charge < -0.3 is 4.74 Å². The second-order valence-electron chi connectivity index (χ2n) is 6.49. The maximum absolute atomic E-state index is 5.98. The molecule has 0 aromatic rings. The molecule has 16 heavy (non-hydrogen) atoms. The number of ether oxygens (including phenoxy) is 1. The SMILES string of the molecule is BC(B)(B)O[C@H]1C[C@@H](CC(CC)CCC)C1. The molecule has 4 heteroatoms. The molecule has 90 valence electrons. The Balaban J connectivity index is 2.15. The van der Waals surface area contributed by atoms with E-state index >= 15 is 0 Å². The molecule has 0 saturated heterocycles. The van der Waals surface area contributed by atoms with Crippen molar-refractivity contribution >= 4 is 23.5 Å². The van der Waals surface area contributed by atoms with Crippen molar-refractivity contribution in [2.24, 2.45) is 11.8 Å². The summed E-state index contributed by atoms with van der Waals surface area (Å²) in [4.78, 5) is 0. The number of hydrogen-bond acceptors (Lipinski definition) is 1. The molecule has 1 atom stereocenters. The highest BCUT2D eigenvalue weighted by Crippen LogP contribution is 2.37. The van der Waals surface area contributed by atoms with Crippen LogP contribution in [0, 0.1) is 11.8 Å². The molecule has 0 aliphatic heterocycles. The van der Waals surface area contributed by atoms with Crippen molar-refractivity contribution in [3.8, 4) is 0 Å². The molecule has 1 nitrogen and oxygen atoms in total. The lowest BCUT2D eigenvalue weighted by Crippen LogP contribution is -2.44. The van der Waals surface area contributed by atoms with Crippen molar-refractivity contribution in [3.63, 3.8) is 0 Å². The van der Waals surface area contributed by atoms with E-state index in [1.807, 2.05) is 0 Å². The molecule has 1 saturated carbocycles. The predicted octanol–water partition coefficient (Wildman–Crippen LogP) is 0.509. The van der Waals surface area contributed by atoms with Crippen molar-refractivity contribution in [2.75, 3.05) is 0 Å².